The summed E-state index contributed by atoms with van der Waals surface area (Å²) >= 11 is 0. The second kappa shape index (κ2) is 5.14. The van der Waals surface area contributed by atoms with Crippen molar-refractivity contribution in [2.75, 3.05) is 0 Å². The van der Waals surface area contributed by atoms with Crippen molar-refractivity contribution in [1.29, 1.82) is 0 Å². The SMILES string of the molecule is NC(=NCc1ccn(-c2ccccc2)n1)NC1CC1. The maximum atomic E-state index is 5.78. The van der Waals surface area contributed by atoms with Crippen LogP contribution < -0.4 is 11.1 Å². The standard InChI is InChI=1S/C14H17N5/c15-14(17-11-6-7-11)16-10-12-8-9-19(18-12)13-4-2-1-3-5-13/h1-5,8-9,11H,6-7,10H2,(H3,15,16,17). The highest BCUT2D eigenvalue weighted by Gasteiger charge is 2.21. The van der Waals surface area contributed by atoms with E-state index in [0.29, 0.717) is 18.5 Å². The van der Waals surface area contributed by atoms with Gasteiger partial charge in [-0.05, 0) is 31.0 Å². The maximum absolute atomic E-state index is 5.78. The van der Waals surface area contributed by atoms with Gasteiger partial charge in [0.2, 0.25) is 0 Å². The van der Waals surface area contributed by atoms with Gasteiger partial charge in [-0.1, -0.05) is 18.2 Å². The number of guanidine groups is 1. The van der Waals surface area contributed by atoms with E-state index in [1.54, 1.807) is 0 Å². The molecule has 0 bridgehead atoms. The van der Waals surface area contributed by atoms with E-state index in [9.17, 15) is 0 Å². The molecule has 1 aromatic carbocycles. The molecule has 1 heterocycles. The molecule has 19 heavy (non-hydrogen) atoms. The van der Waals surface area contributed by atoms with Gasteiger partial charge >= 0.3 is 0 Å². The van der Waals surface area contributed by atoms with Crippen molar-refractivity contribution in [3.63, 3.8) is 0 Å². The number of nitrogens with two attached hydrogens (primary N) is 1. The summed E-state index contributed by atoms with van der Waals surface area (Å²) in [6.45, 7) is 0.505. The Bertz CT molecular complexity index is 569. The highest BCUT2D eigenvalue weighted by atomic mass is 15.3. The molecular formula is C14H17N5. The lowest BCUT2D eigenvalue weighted by molar-refractivity contribution is 0.823. The second-order valence-corrected chi connectivity index (χ2v) is 4.71. The van der Waals surface area contributed by atoms with E-state index >= 15 is 0 Å². The Morgan fingerprint density at radius 1 is 1.32 bits per heavy atom. The molecule has 0 spiro atoms. The van der Waals surface area contributed by atoms with E-state index in [0.717, 1.165) is 11.4 Å². The third-order valence-corrected chi connectivity index (χ3v) is 3.01. The first-order valence-corrected chi connectivity index (χ1v) is 6.48. The monoisotopic (exact) mass is 255 g/mol. The van der Waals surface area contributed by atoms with Crippen LogP contribution in [0.25, 0.3) is 5.69 Å². The molecule has 0 unspecified atom stereocenters. The zero-order valence-electron chi connectivity index (χ0n) is 10.7. The minimum absolute atomic E-state index is 0.505. The minimum Gasteiger partial charge on any atom is -0.370 e. The van der Waals surface area contributed by atoms with Gasteiger partial charge in [-0.15, -0.1) is 0 Å². The molecule has 1 aromatic heterocycles. The van der Waals surface area contributed by atoms with Crippen molar-refractivity contribution in [3.8, 4) is 5.69 Å². The number of aliphatic imine (C=N–C) groups is 1. The van der Waals surface area contributed by atoms with E-state index < -0.39 is 0 Å². The van der Waals surface area contributed by atoms with Crippen LogP contribution in [0.5, 0.6) is 0 Å². The van der Waals surface area contributed by atoms with Crippen molar-refractivity contribution < 1.29 is 0 Å². The van der Waals surface area contributed by atoms with Gasteiger partial charge < -0.3 is 11.1 Å². The Kier molecular flexibility index (Phi) is 3.18. The van der Waals surface area contributed by atoms with Crippen molar-refractivity contribution in [1.82, 2.24) is 15.1 Å². The van der Waals surface area contributed by atoms with Crippen LogP contribution in [0.2, 0.25) is 0 Å². The van der Waals surface area contributed by atoms with Crippen LogP contribution in [0.1, 0.15) is 18.5 Å². The Morgan fingerprint density at radius 2 is 2.11 bits per heavy atom. The van der Waals surface area contributed by atoms with Gasteiger partial charge in [-0.2, -0.15) is 5.10 Å². The molecule has 1 aliphatic carbocycles. The molecule has 0 amide bonds. The predicted octanol–water partition coefficient (Wildman–Crippen LogP) is 1.44. The Balaban J connectivity index is 1.64. The zero-order chi connectivity index (χ0) is 13.1. The summed E-state index contributed by atoms with van der Waals surface area (Å²) in [6, 6.07) is 12.5. The van der Waals surface area contributed by atoms with Crippen molar-refractivity contribution in [3.05, 3.63) is 48.3 Å². The first-order valence-electron chi connectivity index (χ1n) is 6.48. The maximum Gasteiger partial charge on any atom is 0.189 e. The molecule has 2 aromatic rings. The lowest BCUT2D eigenvalue weighted by Crippen LogP contribution is -2.33. The molecule has 0 aliphatic heterocycles. The molecule has 98 valence electrons. The fourth-order valence-electron chi connectivity index (χ4n) is 1.82. The summed E-state index contributed by atoms with van der Waals surface area (Å²) in [5.41, 5.74) is 7.73. The molecule has 0 atom stereocenters. The third-order valence-electron chi connectivity index (χ3n) is 3.01. The normalized spacial score (nSPS) is 15.5. The largest absolute Gasteiger partial charge is 0.370 e. The number of benzene rings is 1. The van der Waals surface area contributed by atoms with E-state index in [1.165, 1.54) is 12.8 Å². The van der Waals surface area contributed by atoms with E-state index in [1.807, 2.05) is 47.3 Å². The quantitative estimate of drug-likeness (QED) is 0.641. The van der Waals surface area contributed by atoms with Crippen molar-refractivity contribution in [2.45, 2.75) is 25.4 Å². The summed E-state index contributed by atoms with van der Waals surface area (Å²) in [6.07, 6.45) is 4.32. The number of para-hydroxylation sites is 1. The van der Waals surface area contributed by atoms with Gasteiger partial charge in [0.15, 0.2) is 5.96 Å². The fraction of sp³-hybridized carbons (Fsp3) is 0.286. The summed E-state index contributed by atoms with van der Waals surface area (Å²) < 4.78 is 1.84. The van der Waals surface area contributed by atoms with Crippen LogP contribution in [0.15, 0.2) is 47.6 Å². The first-order chi connectivity index (χ1) is 9.31. The molecule has 1 saturated carbocycles. The number of hydrogen-bond acceptors (Lipinski definition) is 2. The summed E-state index contributed by atoms with van der Waals surface area (Å²) in [5, 5.41) is 7.63. The van der Waals surface area contributed by atoms with Gasteiger partial charge in [0.05, 0.1) is 17.9 Å². The average molecular weight is 255 g/mol. The van der Waals surface area contributed by atoms with E-state index in [2.05, 4.69) is 15.4 Å². The lowest BCUT2D eigenvalue weighted by Gasteiger charge is -2.02. The van der Waals surface area contributed by atoms with Crippen LogP contribution >= 0.6 is 0 Å². The number of hydrogen-bond donors (Lipinski definition) is 2. The Morgan fingerprint density at radius 3 is 2.84 bits per heavy atom. The number of nitrogens with zero attached hydrogens (tertiary/aromatic N) is 3. The topological polar surface area (TPSA) is 68.2 Å². The van der Waals surface area contributed by atoms with Crippen molar-refractivity contribution >= 4 is 5.96 Å². The summed E-state index contributed by atoms with van der Waals surface area (Å²) in [7, 11) is 0. The van der Waals surface area contributed by atoms with Crippen LogP contribution in [-0.4, -0.2) is 21.8 Å². The van der Waals surface area contributed by atoms with Crippen molar-refractivity contribution in [2.24, 2.45) is 10.7 Å². The van der Waals surface area contributed by atoms with Crippen LogP contribution in [0, 0.1) is 0 Å². The molecule has 5 nitrogen and oxygen atoms in total. The Hall–Kier alpha value is -2.30. The number of aromatic nitrogens is 2. The van der Waals surface area contributed by atoms with Crippen LogP contribution in [0.4, 0.5) is 0 Å². The Labute approximate surface area is 112 Å². The average Bonchev–Trinajstić information content (AvgIpc) is 3.12. The number of rotatable bonds is 4. The summed E-state index contributed by atoms with van der Waals surface area (Å²) in [5.74, 6) is 0.511. The molecule has 3 rings (SSSR count). The fourth-order valence-corrected chi connectivity index (χ4v) is 1.82. The smallest absolute Gasteiger partial charge is 0.189 e. The highest BCUT2D eigenvalue weighted by molar-refractivity contribution is 5.78. The van der Waals surface area contributed by atoms with Gasteiger partial charge in [0.1, 0.15) is 0 Å². The molecule has 1 fully saturated rings. The molecule has 1 aliphatic rings. The molecule has 3 N–H and O–H groups in total. The van der Waals surface area contributed by atoms with Crippen LogP contribution in [0.3, 0.4) is 0 Å². The van der Waals surface area contributed by atoms with Gasteiger partial charge in [0.25, 0.3) is 0 Å². The molecule has 0 saturated heterocycles. The van der Waals surface area contributed by atoms with E-state index in [4.69, 9.17) is 5.73 Å². The minimum atomic E-state index is 0.505. The highest BCUT2D eigenvalue weighted by Crippen LogP contribution is 2.18. The second-order valence-electron chi connectivity index (χ2n) is 4.71. The van der Waals surface area contributed by atoms with E-state index in [-0.39, 0.29) is 0 Å². The zero-order valence-corrected chi connectivity index (χ0v) is 10.7. The summed E-state index contributed by atoms with van der Waals surface area (Å²) in [4.78, 5) is 4.29. The lowest BCUT2D eigenvalue weighted by atomic mass is 10.3. The van der Waals surface area contributed by atoms with Crippen LogP contribution in [-0.2, 0) is 6.54 Å². The molecule has 5 heteroatoms. The number of nitrogens with one attached hydrogen (secondary N) is 1. The molecule has 0 radical (unpaired) electrons. The van der Waals surface area contributed by atoms with Gasteiger partial charge in [-0.25, -0.2) is 9.67 Å². The predicted molar refractivity (Wildman–Crippen MR) is 75.0 cm³/mol. The van der Waals surface area contributed by atoms with Gasteiger partial charge in [-0.3, -0.25) is 0 Å². The van der Waals surface area contributed by atoms with Gasteiger partial charge in [0, 0.05) is 12.2 Å². The third kappa shape index (κ3) is 3.13. The molecular weight excluding hydrogens is 238 g/mol. The first kappa shape index (κ1) is 11.8.